The van der Waals surface area contributed by atoms with Crippen LogP contribution in [-0.4, -0.2) is 92.0 Å². The average Bonchev–Trinajstić information content (AvgIpc) is 2.12. The van der Waals surface area contributed by atoms with E-state index >= 15 is 0 Å². The van der Waals surface area contributed by atoms with Crippen molar-refractivity contribution < 1.29 is 30.3 Å². The van der Waals surface area contributed by atoms with Crippen LogP contribution in [0.4, 0.5) is 0 Å². The van der Waals surface area contributed by atoms with Gasteiger partial charge in [0.2, 0.25) is 5.91 Å². The van der Waals surface area contributed by atoms with Gasteiger partial charge in [-0.05, 0) is 0 Å². The Kier molecular flexibility index (Phi) is 9.00. The summed E-state index contributed by atoms with van der Waals surface area (Å²) in [5.74, 6) is -1.23. The number of aliphatic hydroxyl groups is 5. The molecule has 8 heteroatoms. The molecule has 0 rings (SSSR count). The molecule has 14 heavy (non-hydrogen) atoms. The number of hydrogen-bond donors (Lipinski definition) is 6. The molecule has 0 saturated carbocycles. The maximum atomic E-state index is 10.3. The van der Waals surface area contributed by atoms with Gasteiger partial charge >= 0.3 is 29.6 Å². The summed E-state index contributed by atoms with van der Waals surface area (Å²) in [7, 11) is 0. The first kappa shape index (κ1) is 16.7. The molecule has 0 bridgehead atoms. The molecule has 0 unspecified atom stereocenters. The van der Waals surface area contributed by atoms with E-state index in [4.69, 9.17) is 25.5 Å². The fourth-order valence-corrected chi connectivity index (χ4v) is 0.691. The van der Waals surface area contributed by atoms with E-state index in [1.807, 2.05) is 0 Å². The molecular weight excluding hydrogens is 205 g/mol. The SMILES string of the molecule is NC(=O)[C@H](O)[C@@H](O)[C@H](O)[C@H](O)CO.[NaH]. The molecule has 0 aliphatic heterocycles. The van der Waals surface area contributed by atoms with E-state index < -0.39 is 36.9 Å². The summed E-state index contributed by atoms with van der Waals surface area (Å²) in [6.45, 7) is -0.802. The first-order valence-corrected chi connectivity index (χ1v) is 3.54. The molecule has 0 radical (unpaired) electrons. The molecule has 0 aromatic carbocycles. The fourth-order valence-electron chi connectivity index (χ4n) is 0.691. The summed E-state index contributed by atoms with van der Waals surface area (Å²) >= 11 is 0. The number of aliphatic hydroxyl groups excluding tert-OH is 5. The van der Waals surface area contributed by atoms with Gasteiger partial charge in [0.05, 0.1) is 6.61 Å². The molecule has 7 nitrogen and oxygen atoms in total. The number of carbonyl (C=O) groups excluding carboxylic acids is 1. The van der Waals surface area contributed by atoms with Crippen molar-refractivity contribution in [2.75, 3.05) is 6.61 Å². The second kappa shape index (κ2) is 7.55. The van der Waals surface area contributed by atoms with Gasteiger partial charge in [-0.15, -0.1) is 0 Å². The summed E-state index contributed by atoms with van der Waals surface area (Å²) in [4.78, 5) is 10.3. The third-order valence-electron chi connectivity index (χ3n) is 1.55. The van der Waals surface area contributed by atoms with Gasteiger partial charge in [0.1, 0.15) is 18.3 Å². The first-order chi connectivity index (χ1) is 5.91. The van der Waals surface area contributed by atoms with Crippen molar-refractivity contribution in [3.63, 3.8) is 0 Å². The molecule has 0 aliphatic carbocycles. The Morgan fingerprint density at radius 3 is 1.86 bits per heavy atom. The van der Waals surface area contributed by atoms with Crippen LogP contribution in [0.15, 0.2) is 0 Å². The zero-order valence-electron chi connectivity index (χ0n) is 6.74. The van der Waals surface area contributed by atoms with Crippen molar-refractivity contribution in [1.29, 1.82) is 0 Å². The minimum atomic E-state index is -1.98. The first-order valence-electron chi connectivity index (χ1n) is 3.54. The van der Waals surface area contributed by atoms with Gasteiger partial charge in [-0.2, -0.15) is 0 Å². The van der Waals surface area contributed by atoms with E-state index in [0.717, 1.165) is 0 Å². The number of nitrogens with two attached hydrogens (primary N) is 1. The average molecular weight is 219 g/mol. The predicted molar refractivity (Wildman–Crippen MR) is 47.5 cm³/mol. The molecule has 80 valence electrons. The van der Waals surface area contributed by atoms with Gasteiger partial charge in [0.25, 0.3) is 0 Å². The standard InChI is InChI=1S/C6H13NO6.Na.H/c7-6(13)5(12)4(11)3(10)2(9)1-8;;/h2-5,8-12H,1H2,(H2,7,13);;/t2-,3-,4+,5-;;/m1../s1. The van der Waals surface area contributed by atoms with Crippen LogP contribution in [0.25, 0.3) is 0 Å². The van der Waals surface area contributed by atoms with Crippen LogP contribution in [0.3, 0.4) is 0 Å². The Labute approximate surface area is 102 Å². The van der Waals surface area contributed by atoms with Gasteiger partial charge in [0.15, 0.2) is 6.10 Å². The van der Waals surface area contributed by atoms with Gasteiger partial charge in [-0.3, -0.25) is 4.79 Å². The van der Waals surface area contributed by atoms with Crippen molar-refractivity contribution in [3.05, 3.63) is 0 Å². The topological polar surface area (TPSA) is 144 Å². The monoisotopic (exact) mass is 219 g/mol. The summed E-state index contributed by atoms with van der Waals surface area (Å²) in [5, 5.41) is 44.0. The van der Waals surface area contributed by atoms with Crippen LogP contribution in [-0.2, 0) is 4.79 Å². The summed E-state index contributed by atoms with van der Waals surface area (Å²) in [6.07, 6.45) is -7.35. The Morgan fingerprint density at radius 2 is 1.57 bits per heavy atom. The molecule has 0 aromatic heterocycles. The molecule has 0 heterocycles. The van der Waals surface area contributed by atoms with E-state index in [2.05, 4.69) is 5.73 Å². The molecule has 0 aromatic rings. The second-order valence-corrected chi connectivity index (χ2v) is 2.58. The molecule has 7 N–H and O–H groups in total. The predicted octanol–water partition coefficient (Wildman–Crippen LogP) is -4.74. The molecule has 0 aliphatic rings. The van der Waals surface area contributed by atoms with Crippen molar-refractivity contribution in [2.45, 2.75) is 24.4 Å². The van der Waals surface area contributed by atoms with Crippen LogP contribution in [0.2, 0.25) is 0 Å². The van der Waals surface area contributed by atoms with Crippen molar-refractivity contribution >= 4 is 35.5 Å². The van der Waals surface area contributed by atoms with Crippen LogP contribution < -0.4 is 5.73 Å². The van der Waals surface area contributed by atoms with Gasteiger partial charge in [-0.1, -0.05) is 0 Å². The summed E-state index contributed by atoms with van der Waals surface area (Å²) < 4.78 is 0. The molecule has 0 saturated heterocycles. The zero-order valence-corrected chi connectivity index (χ0v) is 6.74. The van der Waals surface area contributed by atoms with E-state index in [-0.39, 0.29) is 29.6 Å². The van der Waals surface area contributed by atoms with Crippen molar-refractivity contribution in [3.8, 4) is 0 Å². The molecular formula is C6H14NNaO6. The number of primary amides is 1. The molecule has 1 amide bonds. The quantitative estimate of drug-likeness (QED) is 0.256. The normalized spacial score (nSPS) is 18.9. The number of carbonyl (C=O) groups is 1. The minimum absolute atomic E-state index is 0. The molecule has 0 fully saturated rings. The Bertz CT molecular complexity index is 180. The zero-order chi connectivity index (χ0) is 10.6. The second-order valence-electron chi connectivity index (χ2n) is 2.58. The van der Waals surface area contributed by atoms with E-state index in [9.17, 15) is 4.79 Å². The van der Waals surface area contributed by atoms with Crippen LogP contribution in [0.5, 0.6) is 0 Å². The molecule has 0 spiro atoms. The van der Waals surface area contributed by atoms with Gasteiger partial charge < -0.3 is 31.3 Å². The number of rotatable bonds is 5. The van der Waals surface area contributed by atoms with Crippen molar-refractivity contribution in [1.82, 2.24) is 0 Å². The van der Waals surface area contributed by atoms with Crippen LogP contribution in [0.1, 0.15) is 0 Å². The van der Waals surface area contributed by atoms with Crippen LogP contribution >= 0.6 is 0 Å². The van der Waals surface area contributed by atoms with Crippen molar-refractivity contribution in [2.24, 2.45) is 5.73 Å². The van der Waals surface area contributed by atoms with E-state index in [1.165, 1.54) is 0 Å². The van der Waals surface area contributed by atoms with E-state index in [1.54, 1.807) is 0 Å². The summed E-state index contributed by atoms with van der Waals surface area (Å²) in [6, 6.07) is 0. The maximum absolute atomic E-state index is 10.3. The summed E-state index contributed by atoms with van der Waals surface area (Å²) in [5.41, 5.74) is 4.61. The third kappa shape index (κ3) is 4.67. The Balaban J connectivity index is 0. The Morgan fingerprint density at radius 1 is 1.14 bits per heavy atom. The number of hydrogen-bond acceptors (Lipinski definition) is 6. The van der Waals surface area contributed by atoms with E-state index in [0.29, 0.717) is 0 Å². The fraction of sp³-hybridized carbons (Fsp3) is 0.833. The van der Waals surface area contributed by atoms with Crippen LogP contribution in [0, 0.1) is 0 Å². The third-order valence-corrected chi connectivity index (χ3v) is 1.55. The Hall–Kier alpha value is 0.270. The number of amides is 1. The van der Waals surface area contributed by atoms with Gasteiger partial charge in [-0.25, -0.2) is 0 Å². The van der Waals surface area contributed by atoms with Gasteiger partial charge in [0, 0.05) is 0 Å². The molecule has 4 atom stereocenters.